The van der Waals surface area contributed by atoms with Crippen LogP contribution in [0, 0.1) is 0 Å². The minimum absolute atomic E-state index is 0.0360. The summed E-state index contributed by atoms with van der Waals surface area (Å²) in [6, 6.07) is -0.0360. The minimum atomic E-state index is -0.591. The SMILES string of the molecule is COCCOCC(O)CNC(C)CC(N)=O. The van der Waals surface area contributed by atoms with Crippen molar-refractivity contribution in [3.8, 4) is 0 Å². The Kier molecular flexibility index (Phi) is 9.12. The molecular weight excluding hydrogens is 212 g/mol. The fraction of sp³-hybridized carbons (Fsp3) is 0.900. The normalized spacial score (nSPS) is 14.7. The molecule has 0 aliphatic rings. The fourth-order valence-corrected chi connectivity index (χ4v) is 1.13. The van der Waals surface area contributed by atoms with Crippen molar-refractivity contribution < 1.29 is 19.4 Å². The highest BCUT2D eigenvalue weighted by molar-refractivity contribution is 5.74. The van der Waals surface area contributed by atoms with Crippen LogP contribution in [0.3, 0.4) is 0 Å². The molecule has 0 aromatic carbocycles. The van der Waals surface area contributed by atoms with Gasteiger partial charge in [-0.2, -0.15) is 0 Å². The van der Waals surface area contributed by atoms with Gasteiger partial charge in [0.2, 0.25) is 5.91 Å². The molecule has 0 radical (unpaired) electrons. The number of carbonyl (C=O) groups is 1. The molecule has 0 aromatic rings. The molecule has 16 heavy (non-hydrogen) atoms. The number of aliphatic hydroxyl groups excluding tert-OH is 1. The van der Waals surface area contributed by atoms with Crippen LogP contribution in [-0.4, -0.2) is 56.6 Å². The summed E-state index contributed by atoms with van der Waals surface area (Å²) in [6.07, 6.45) is -0.329. The van der Waals surface area contributed by atoms with Crippen molar-refractivity contribution in [2.45, 2.75) is 25.5 Å². The van der Waals surface area contributed by atoms with Crippen LogP contribution < -0.4 is 11.1 Å². The highest BCUT2D eigenvalue weighted by atomic mass is 16.5. The van der Waals surface area contributed by atoms with E-state index in [9.17, 15) is 9.90 Å². The summed E-state index contributed by atoms with van der Waals surface area (Å²) in [6.45, 7) is 3.44. The summed E-state index contributed by atoms with van der Waals surface area (Å²) in [5.41, 5.74) is 5.03. The van der Waals surface area contributed by atoms with Gasteiger partial charge in [-0.05, 0) is 6.92 Å². The molecule has 0 rings (SSSR count). The van der Waals surface area contributed by atoms with Crippen LogP contribution in [0.2, 0.25) is 0 Å². The Morgan fingerprint density at radius 1 is 1.50 bits per heavy atom. The number of hydrogen-bond acceptors (Lipinski definition) is 5. The molecule has 2 atom stereocenters. The maximum atomic E-state index is 10.6. The molecule has 2 unspecified atom stereocenters. The smallest absolute Gasteiger partial charge is 0.218 e. The van der Waals surface area contributed by atoms with E-state index >= 15 is 0 Å². The minimum Gasteiger partial charge on any atom is -0.389 e. The van der Waals surface area contributed by atoms with Crippen LogP contribution in [0.15, 0.2) is 0 Å². The molecule has 0 aliphatic heterocycles. The molecule has 0 saturated carbocycles. The predicted molar refractivity (Wildman–Crippen MR) is 60.0 cm³/mol. The van der Waals surface area contributed by atoms with Crippen molar-refractivity contribution >= 4 is 5.91 Å². The Morgan fingerprint density at radius 3 is 2.75 bits per heavy atom. The van der Waals surface area contributed by atoms with E-state index in [0.29, 0.717) is 19.8 Å². The lowest BCUT2D eigenvalue weighted by Crippen LogP contribution is -2.38. The molecule has 6 heteroatoms. The number of aliphatic hydroxyl groups is 1. The molecule has 0 aliphatic carbocycles. The second-order valence-corrected chi connectivity index (χ2v) is 3.70. The molecule has 6 nitrogen and oxygen atoms in total. The van der Waals surface area contributed by atoms with Gasteiger partial charge >= 0.3 is 0 Å². The van der Waals surface area contributed by atoms with E-state index < -0.39 is 6.10 Å². The third-order valence-electron chi connectivity index (χ3n) is 1.95. The van der Waals surface area contributed by atoms with Crippen molar-refractivity contribution in [3.63, 3.8) is 0 Å². The van der Waals surface area contributed by atoms with E-state index in [4.69, 9.17) is 15.2 Å². The van der Waals surface area contributed by atoms with Crippen LogP contribution in [-0.2, 0) is 14.3 Å². The molecule has 0 bridgehead atoms. The molecule has 0 heterocycles. The first-order chi connectivity index (χ1) is 7.56. The van der Waals surface area contributed by atoms with Gasteiger partial charge in [0.15, 0.2) is 0 Å². The van der Waals surface area contributed by atoms with Crippen LogP contribution in [0.25, 0.3) is 0 Å². The summed E-state index contributed by atoms with van der Waals surface area (Å²) in [4.78, 5) is 10.6. The predicted octanol–water partition coefficient (Wildman–Crippen LogP) is -1.14. The van der Waals surface area contributed by atoms with Crippen LogP contribution in [0.4, 0.5) is 0 Å². The lowest BCUT2D eigenvalue weighted by molar-refractivity contribution is -0.118. The standard InChI is InChI=1S/C10H22N2O4/c1-8(5-10(11)14)12-6-9(13)7-16-4-3-15-2/h8-9,12-13H,3-7H2,1-2H3,(H2,11,14). The van der Waals surface area contributed by atoms with Crippen molar-refractivity contribution in [1.29, 1.82) is 0 Å². The van der Waals surface area contributed by atoms with E-state index in [1.165, 1.54) is 0 Å². The lowest BCUT2D eigenvalue weighted by Gasteiger charge is -2.16. The quantitative estimate of drug-likeness (QED) is 0.416. The van der Waals surface area contributed by atoms with E-state index in [0.717, 1.165) is 0 Å². The summed E-state index contributed by atoms with van der Waals surface area (Å²) in [5.74, 6) is -0.356. The second-order valence-electron chi connectivity index (χ2n) is 3.70. The number of primary amides is 1. The number of ether oxygens (including phenoxy) is 2. The number of nitrogens with two attached hydrogens (primary N) is 1. The van der Waals surface area contributed by atoms with E-state index in [1.807, 2.05) is 6.92 Å². The molecular formula is C10H22N2O4. The Hall–Kier alpha value is -0.690. The van der Waals surface area contributed by atoms with Gasteiger partial charge < -0.3 is 25.6 Å². The summed E-state index contributed by atoms with van der Waals surface area (Å²) in [7, 11) is 1.59. The highest BCUT2D eigenvalue weighted by Crippen LogP contribution is 1.91. The zero-order chi connectivity index (χ0) is 12.4. The van der Waals surface area contributed by atoms with Gasteiger partial charge in [0, 0.05) is 26.1 Å². The average molecular weight is 234 g/mol. The Bertz CT molecular complexity index is 190. The summed E-state index contributed by atoms with van der Waals surface area (Å²) >= 11 is 0. The third kappa shape index (κ3) is 9.85. The number of amides is 1. The van der Waals surface area contributed by atoms with Gasteiger partial charge in [-0.25, -0.2) is 0 Å². The third-order valence-corrected chi connectivity index (χ3v) is 1.95. The first kappa shape index (κ1) is 15.3. The number of rotatable bonds is 10. The zero-order valence-corrected chi connectivity index (χ0v) is 9.94. The van der Waals surface area contributed by atoms with E-state index in [-0.39, 0.29) is 25.0 Å². The van der Waals surface area contributed by atoms with E-state index in [1.54, 1.807) is 7.11 Å². The summed E-state index contributed by atoms with van der Waals surface area (Å²) in [5, 5.41) is 12.5. The molecule has 4 N–H and O–H groups in total. The fourth-order valence-electron chi connectivity index (χ4n) is 1.13. The number of methoxy groups -OCH3 is 1. The van der Waals surface area contributed by atoms with Crippen LogP contribution in [0.5, 0.6) is 0 Å². The van der Waals surface area contributed by atoms with Crippen molar-refractivity contribution in [2.24, 2.45) is 5.73 Å². The average Bonchev–Trinajstić information content (AvgIpc) is 2.20. The molecule has 96 valence electrons. The zero-order valence-electron chi connectivity index (χ0n) is 9.94. The van der Waals surface area contributed by atoms with Crippen LogP contribution in [0.1, 0.15) is 13.3 Å². The van der Waals surface area contributed by atoms with E-state index in [2.05, 4.69) is 5.32 Å². The topological polar surface area (TPSA) is 93.8 Å². The first-order valence-electron chi connectivity index (χ1n) is 5.32. The molecule has 0 saturated heterocycles. The van der Waals surface area contributed by atoms with Gasteiger partial charge in [0.05, 0.1) is 25.9 Å². The Balaban J connectivity index is 3.41. The van der Waals surface area contributed by atoms with Crippen LogP contribution >= 0.6 is 0 Å². The Morgan fingerprint density at radius 2 is 2.19 bits per heavy atom. The van der Waals surface area contributed by atoms with Gasteiger partial charge in [0.1, 0.15) is 0 Å². The summed E-state index contributed by atoms with van der Waals surface area (Å²) < 4.78 is 9.93. The Labute approximate surface area is 96.1 Å². The second kappa shape index (κ2) is 9.53. The first-order valence-corrected chi connectivity index (χ1v) is 5.32. The molecule has 0 aromatic heterocycles. The van der Waals surface area contributed by atoms with Gasteiger partial charge in [0.25, 0.3) is 0 Å². The number of hydrogen-bond donors (Lipinski definition) is 3. The van der Waals surface area contributed by atoms with Crippen molar-refractivity contribution in [3.05, 3.63) is 0 Å². The van der Waals surface area contributed by atoms with Crippen molar-refractivity contribution in [2.75, 3.05) is 33.5 Å². The molecule has 0 spiro atoms. The maximum Gasteiger partial charge on any atom is 0.218 e. The monoisotopic (exact) mass is 234 g/mol. The van der Waals surface area contributed by atoms with Gasteiger partial charge in [-0.1, -0.05) is 0 Å². The maximum absolute atomic E-state index is 10.6. The van der Waals surface area contributed by atoms with Gasteiger partial charge in [-0.15, -0.1) is 0 Å². The number of nitrogens with one attached hydrogen (secondary N) is 1. The highest BCUT2D eigenvalue weighted by Gasteiger charge is 2.08. The molecule has 1 amide bonds. The van der Waals surface area contributed by atoms with Crippen molar-refractivity contribution in [1.82, 2.24) is 5.32 Å². The lowest BCUT2D eigenvalue weighted by atomic mass is 10.2. The largest absolute Gasteiger partial charge is 0.389 e. The van der Waals surface area contributed by atoms with Gasteiger partial charge in [-0.3, -0.25) is 4.79 Å². The number of carbonyl (C=O) groups excluding carboxylic acids is 1. The molecule has 0 fully saturated rings.